The Morgan fingerprint density at radius 3 is 1.66 bits per heavy atom. The van der Waals surface area contributed by atoms with Gasteiger partial charge in [-0.15, -0.1) is 0 Å². The van der Waals surface area contributed by atoms with E-state index in [1.165, 1.54) is 45.1 Å². The SMILES string of the molecule is C1=CCC=CC(P(CCSCCP(c2ccccc2)c2ccccc2)c2ccccc2)=C1. The smallest absolute Gasteiger partial charge is 0.00220 e. The molecule has 1 aliphatic rings. The molecule has 0 spiro atoms. The van der Waals surface area contributed by atoms with Crippen molar-refractivity contribution in [2.75, 3.05) is 23.8 Å². The van der Waals surface area contributed by atoms with E-state index in [0.717, 1.165) is 6.42 Å². The molecule has 1 unspecified atom stereocenters. The van der Waals surface area contributed by atoms with Gasteiger partial charge in [0.1, 0.15) is 0 Å². The van der Waals surface area contributed by atoms with Crippen LogP contribution >= 0.6 is 27.6 Å². The third kappa shape index (κ3) is 6.79. The fourth-order valence-corrected chi connectivity index (χ4v) is 10.3. The lowest BCUT2D eigenvalue weighted by Crippen LogP contribution is -2.15. The highest BCUT2D eigenvalue weighted by Crippen LogP contribution is 2.45. The quantitative estimate of drug-likeness (QED) is 0.225. The van der Waals surface area contributed by atoms with Crippen molar-refractivity contribution in [2.45, 2.75) is 6.42 Å². The Morgan fingerprint density at radius 1 is 0.594 bits per heavy atom. The minimum absolute atomic E-state index is 0.290. The molecule has 0 aliphatic heterocycles. The molecule has 3 aromatic carbocycles. The van der Waals surface area contributed by atoms with E-state index in [2.05, 4.69) is 133 Å². The summed E-state index contributed by atoms with van der Waals surface area (Å²) in [5.74, 6) is 2.42. The third-order valence-electron chi connectivity index (χ3n) is 5.40. The predicted octanol–water partition coefficient (Wildman–Crippen LogP) is 7.06. The molecule has 0 aromatic heterocycles. The second-order valence-electron chi connectivity index (χ2n) is 7.58. The van der Waals surface area contributed by atoms with E-state index in [0.29, 0.717) is 0 Å². The molecule has 0 N–H and O–H groups in total. The molecule has 162 valence electrons. The van der Waals surface area contributed by atoms with Crippen LogP contribution in [0.3, 0.4) is 0 Å². The Kier molecular flexibility index (Phi) is 9.42. The molecule has 0 heterocycles. The molecule has 1 aliphatic carbocycles. The highest BCUT2D eigenvalue weighted by atomic mass is 32.2. The maximum atomic E-state index is 2.35. The zero-order chi connectivity index (χ0) is 21.8. The molecular formula is C29H30P2S. The van der Waals surface area contributed by atoms with Gasteiger partial charge in [0.2, 0.25) is 0 Å². The normalized spacial score (nSPS) is 14.2. The van der Waals surface area contributed by atoms with Crippen LogP contribution in [0.2, 0.25) is 0 Å². The maximum Gasteiger partial charge on any atom is -0.00220 e. The lowest BCUT2D eigenvalue weighted by molar-refractivity contribution is 1.40. The first kappa shape index (κ1) is 23.3. The topological polar surface area (TPSA) is 0 Å². The summed E-state index contributed by atoms with van der Waals surface area (Å²) in [6.07, 6.45) is 15.0. The lowest BCUT2D eigenvalue weighted by atomic mass is 10.4. The van der Waals surface area contributed by atoms with E-state index < -0.39 is 0 Å². The second kappa shape index (κ2) is 13.0. The summed E-state index contributed by atoms with van der Waals surface area (Å²) in [5, 5.41) is 5.96. The number of hydrogen-bond acceptors (Lipinski definition) is 1. The van der Waals surface area contributed by atoms with Crippen LogP contribution in [-0.2, 0) is 0 Å². The van der Waals surface area contributed by atoms with Gasteiger partial charge in [0, 0.05) is 0 Å². The van der Waals surface area contributed by atoms with Gasteiger partial charge in [-0.2, -0.15) is 11.8 Å². The van der Waals surface area contributed by atoms with E-state index in [9.17, 15) is 0 Å². The third-order valence-corrected chi connectivity index (χ3v) is 12.0. The zero-order valence-corrected chi connectivity index (χ0v) is 21.0. The molecule has 1 atom stereocenters. The Labute approximate surface area is 200 Å². The van der Waals surface area contributed by atoms with E-state index >= 15 is 0 Å². The van der Waals surface area contributed by atoms with Crippen LogP contribution in [0, 0.1) is 0 Å². The molecule has 4 rings (SSSR count). The van der Waals surface area contributed by atoms with Gasteiger partial charge < -0.3 is 0 Å². The molecule has 0 radical (unpaired) electrons. The van der Waals surface area contributed by atoms with Crippen molar-refractivity contribution in [2.24, 2.45) is 0 Å². The van der Waals surface area contributed by atoms with Gasteiger partial charge in [-0.3, -0.25) is 0 Å². The van der Waals surface area contributed by atoms with Gasteiger partial charge in [0.25, 0.3) is 0 Å². The Balaban J connectivity index is 1.38. The first-order chi connectivity index (χ1) is 15.9. The summed E-state index contributed by atoms with van der Waals surface area (Å²) in [4.78, 5) is 0. The van der Waals surface area contributed by atoms with Gasteiger partial charge in [0.15, 0.2) is 0 Å². The fraction of sp³-hybridized carbons (Fsp3) is 0.172. The van der Waals surface area contributed by atoms with Crippen molar-refractivity contribution in [3.05, 3.63) is 127 Å². The first-order valence-corrected chi connectivity index (χ1v) is 15.4. The standard InChI is InChI=1S/C29H30P2S/c1-2-7-15-26(14-6-1)30(27-16-8-3-9-17-27)22-24-32-25-23-31(28-18-10-4-11-19-28)29-20-12-5-13-21-29/h1,3-21H,2,22-25H2. The lowest BCUT2D eigenvalue weighted by Gasteiger charge is -2.21. The molecule has 0 nitrogen and oxygen atoms in total. The fourth-order valence-electron chi connectivity index (χ4n) is 3.80. The second-order valence-corrected chi connectivity index (χ2v) is 13.5. The van der Waals surface area contributed by atoms with Gasteiger partial charge in [-0.1, -0.05) is 121 Å². The summed E-state index contributed by atoms with van der Waals surface area (Å²) >= 11 is 2.13. The first-order valence-electron chi connectivity index (χ1n) is 11.2. The van der Waals surface area contributed by atoms with E-state index in [1.54, 1.807) is 0 Å². The molecular weight excluding hydrogens is 442 g/mol. The van der Waals surface area contributed by atoms with Crippen molar-refractivity contribution in [1.29, 1.82) is 0 Å². The van der Waals surface area contributed by atoms with Crippen molar-refractivity contribution >= 4 is 43.5 Å². The average molecular weight is 473 g/mol. The highest BCUT2D eigenvalue weighted by Gasteiger charge is 2.16. The number of allylic oxidation sites excluding steroid dienone is 6. The maximum absolute atomic E-state index is 2.35. The summed E-state index contributed by atoms with van der Waals surface area (Å²) in [5.41, 5.74) is 0. The molecule has 3 heteroatoms. The number of rotatable bonds is 10. The van der Waals surface area contributed by atoms with Gasteiger partial charge in [-0.25, -0.2) is 0 Å². The predicted molar refractivity (Wildman–Crippen MR) is 150 cm³/mol. The highest BCUT2D eigenvalue weighted by molar-refractivity contribution is 8.00. The number of benzene rings is 3. The van der Waals surface area contributed by atoms with Crippen LogP contribution in [0.5, 0.6) is 0 Å². The van der Waals surface area contributed by atoms with Crippen LogP contribution in [-0.4, -0.2) is 23.8 Å². The van der Waals surface area contributed by atoms with Crippen molar-refractivity contribution in [1.82, 2.24) is 0 Å². The molecule has 32 heavy (non-hydrogen) atoms. The van der Waals surface area contributed by atoms with Gasteiger partial charge in [0.05, 0.1) is 0 Å². The van der Waals surface area contributed by atoms with Crippen LogP contribution in [0.1, 0.15) is 6.42 Å². The van der Waals surface area contributed by atoms with Crippen LogP contribution in [0.4, 0.5) is 0 Å². The monoisotopic (exact) mass is 472 g/mol. The number of thioether (sulfide) groups is 1. The van der Waals surface area contributed by atoms with Crippen LogP contribution < -0.4 is 15.9 Å². The molecule has 3 aromatic rings. The largest absolute Gasteiger partial charge is 0.161 e. The summed E-state index contributed by atoms with van der Waals surface area (Å²) < 4.78 is 0. The Hall–Kier alpha value is -1.91. The molecule has 0 saturated heterocycles. The van der Waals surface area contributed by atoms with E-state index in [4.69, 9.17) is 0 Å². The number of hydrogen-bond donors (Lipinski definition) is 0. The van der Waals surface area contributed by atoms with Gasteiger partial charge in [-0.05, 0) is 67.3 Å². The molecule has 0 amide bonds. The summed E-state index contributed by atoms with van der Waals surface area (Å²) in [7, 11) is -0.593. The minimum Gasteiger partial charge on any atom is -0.161 e. The van der Waals surface area contributed by atoms with E-state index in [1.807, 2.05) is 0 Å². The van der Waals surface area contributed by atoms with Crippen LogP contribution in [0.25, 0.3) is 0 Å². The van der Waals surface area contributed by atoms with Crippen molar-refractivity contribution < 1.29 is 0 Å². The molecule has 0 fully saturated rings. The summed E-state index contributed by atoms with van der Waals surface area (Å²) in [6, 6.07) is 33.3. The molecule has 0 saturated carbocycles. The Morgan fingerprint density at radius 2 is 1.09 bits per heavy atom. The Bertz CT molecular complexity index is 987. The van der Waals surface area contributed by atoms with Crippen LogP contribution in [0.15, 0.2) is 127 Å². The molecule has 0 bridgehead atoms. The van der Waals surface area contributed by atoms with Crippen molar-refractivity contribution in [3.63, 3.8) is 0 Å². The minimum atomic E-state index is -0.303. The van der Waals surface area contributed by atoms with Gasteiger partial charge >= 0.3 is 0 Å². The summed E-state index contributed by atoms with van der Waals surface area (Å²) in [6.45, 7) is 0. The average Bonchev–Trinajstić information content (AvgIpc) is 3.15. The van der Waals surface area contributed by atoms with Crippen molar-refractivity contribution in [3.8, 4) is 0 Å². The van der Waals surface area contributed by atoms with E-state index in [-0.39, 0.29) is 15.8 Å². The zero-order valence-electron chi connectivity index (χ0n) is 18.4.